The standard InChI is InChI=1S/C12H15N3O.2C2H6/c1-4-9-6-5-7-10(11(9)16-3)12-13-8-14-15(12)2;2*1-2/h5-8H,4H2,1-3H3;2*1-2H3. The topological polar surface area (TPSA) is 39.9 Å². The van der Waals surface area contributed by atoms with Crippen LogP contribution in [0.15, 0.2) is 24.5 Å². The Morgan fingerprint density at radius 3 is 2.25 bits per heavy atom. The van der Waals surface area contributed by atoms with Gasteiger partial charge in [0.25, 0.3) is 0 Å². The summed E-state index contributed by atoms with van der Waals surface area (Å²) in [6.07, 6.45) is 2.49. The molecule has 0 aliphatic carbocycles. The highest BCUT2D eigenvalue weighted by molar-refractivity contribution is 5.66. The molecular formula is C16H27N3O. The van der Waals surface area contributed by atoms with E-state index in [1.165, 1.54) is 5.56 Å². The molecular weight excluding hydrogens is 250 g/mol. The van der Waals surface area contributed by atoms with Gasteiger partial charge in [-0.3, -0.25) is 0 Å². The quantitative estimate of drug-likeness (QED) is 0.847. The van der Waals surface area contributed by atoms with Crippen LogP contribution in [-0.4, -0.2) is 21.9 Å². The molecule has 0 atom stereocenters. The van der Waals surface area contributed by atoms with Crippen molar-refractivity contribution in [3.8, 4) is 17.1 Å². The second-order valence-electron chi connectivity index (χ2n) is 3.56. The van der Waals surface area contributed by atoms with Gasteiger partial charge in [0, 0.05) is 7.05 Å². The lowest BCUT2D eigenvalue weighted by atomic mass is 10.1. The molecule has 0 N–H and O–H groups in total. The van der Waals surface area contributed by atoms with Gasteiger partial charge >= 0.3 is 0 Å². The van der Waals surface area contributed by atoms with Crippen LogP contribution >= 0.6 is 0 Å². The van der Waals surface area contributed by atoms with Crippen LogP contribution in [0.1, 0.15) is 40.2 Å². The van der Waals surface area contributed by atoms with Gasteiger partial charge in [0.1, 0.15) is 12.1 Å². The van der Waals surface area contributed by atoms with E-state index in [-0.39, 0.29) is 0 Å². The van der Waals surface area contributed by atoms with Crippen LogP contribution in [-0.2, 0) is 13.5 Å². The fourth-order valence-corrected chi connectivity index (χ4v) is 1.82. The Labute approximate surface area is 122 Å². The summed E-state index contributed by atoms with van der Waals surface area (Å²) < 4.78 is 7.21. The monoisotopic (exact) mass is 277 g/mol. The minimum Gasteiger partial charge on any atom is -0.496 e. The maximum atomic E-state index is 5.47. The number of aromatic nitrogens is 3. The minimum absolute atomic E-state index is 0.826. The number of nitrogens with zero attached hydrogens (tertiary/aromatic N) is 3. The second kappa shape index (κ2) is 10.0. The molecule has 0 aliphatic rings. The third-order valence-electron chi connectivity index (χ3n) is 2.63. The van der Waals surface area contributed by atoms with Crippen molar-refractivity contribution in [1.29, 1.82) is 0 Å². The Bertz CT molecular complexity index is 492. The fraction of sp³-hybridized carbons (Fsp3) is 0.500. The van der Waals surface area contributed by atoms with E-state index in [9.17, 15) is 0 Å². The van der Waals surface area contributed by atoms with E-state index >= 15 is 0 Å². The summed E-state index contributed by atoms with van der Waals surface area (Å²) in [5.74, 6) is 1.72. The summed E-state index contributed by atoms with van der Waals surface area (Å²) in [5.41, 5.74) is 2.17. The van der Waals surface area contributed by atoms with E-state index in [4.69, 9.17) is 4.74 Å². The first-order valence-electron chi connectivity index (χ1n) is 7.28. The van der Waals surface area contributed by atoms with Gasteiger partial charge < -0.3 is 4.74 Å². The second-order valence-corrected chi connectivity index (χ2v) is 3.56. The van der Waals surface area contributed by atoms with Crippen LogP contribution in [0.3, 0.4) is 0 Å². The highest BCUT2D eigenvalue weighted by Gasteiger charge is 2.13. The third kappa shape index (κ3) is 4.08. The number of hydrogen-bond acceptors (Lipinski definition) is 3. The van der Waals surface area contributed by atoms with Gasteiger partial charge in [0.15, 0.2) is 5.82 Å². The zero-order valence-corrected chi connectivity index (χ0v) is 13.8. The Morgan fingerprint density at radius 2 is 1.80 bits per heavy atom. The Hall–Kier alpha value is -1.84. The highest BCUT2D eigenvalue weighted by Crippen LogP contribution is 2.31. The molecule has 112 valence electrons. The van der Waals surface area contributed by atoms with E-state index in [1.54, 1.807) is 18.1 Å². The third-order valence-corrected chi connectivity index (χ3v) is 2.63. The number of aryl methyl sites for hydroxylation is 2. The number of rotatable bonds is 3. The summed E-state index contributed by atoms with van der Waals surface area (Å²) in [7, 11) is 3.56. The van der Waals surface area contributed by atoms with Crippen LogP contribution in [0.2, 0.25) is 0 Å². The summed E-state index contributed by atoms with van der Waals surface area (Å²) >= 11 is 0. The number of para-hydroxylation sites is 1. The van der Waals surface area contributed by atoms with Gasteiger partial charge in [-0.25, -0.2) is 9.67 Å². The molecule has 1 aromatic carbocycles. The van der Waals surface area contributed by atoms with Crippen molar-refractivity contribution < 1.29 is 4.74 Å². The van der Waals surface area contributed by atoms with Crippen LogP contribution in [0.4, 0.5) is 0 Å². The molecule has 0 spiro atoms. The van der Waals surface area contributed by atoms with Crippen molar-refractivity contribution in [2.75, 3.05) is 7.11 Å². The molecule has 1 heterocycles. The molecule has 2 aromatic rings. The van der Waals surface area contributed by atoms with E-state index < -0.39 is 0 Å². The highest BCUT2D eigenvalue weighted by atomic mass is 16.5. The lowest BCUT2D eigenvalue weighted by molar-refractivity contribution is 0.411. The van der Waals surface area contributed by atoms with E-state index in [1.807, 2.05) is 46.9 Å². The van der Waals surface area contributed by atoms with Crippen molar-refractivity contribution in [3.05, 3.63) is 30.1 Å². The molecule has 1 aromatic heterocycles. The molecule has 0 saturated heterocycles. The van der Waals surface area contributed by atoms with Gasteiger partial charge in [-0.05, 0) is 18.1 Å². The number of benzene rings is 1. The molecule has 4 nitrogen and oxygen atoms in total. The zero-order valence-electron chi connectivity index (χ0n) is 13.8. The summed E-state index contributed by atoms with van der Waals surface area (Å²) in [4.78, 5) is 4.24. The van der Waals surface area contributed by atoms with Crippen molar-refractivity contribution in [3.63, 3.8) is 0 Å². The molecule has 0 amide bonds. The number of hydrogen-bond donors (Lipinski definition) is 0. The Balaban J connectivity index is 0.000000829. The average molecular weight is 277 g/mol. The lowest BCUT2D eigenvalue weighted by Crippen LogP contribution is -1.99. The summed E-state index contributed by atoms with van der Waals surface area (Å²) in [6.45, 7) is 10.1. The van der Waals surface area contributed by atoms with Crippen LogP contribution < -0.4 is 4.74 Å². The number of ether oxygens (including phenoxy) is 1. The molecule has 0 fully saturated rings. The van der Waals surface area contributed by atoms with Crippen molar-refractivity contribution in [1.82, 2.24) is 14.8 Å². The van der Waals surface area contributed by atoms with E-state index in [0.717, 1.165) is 23.6 Å². The molecule has 0 saturated carbocycles. The molecule has 4 heteroatoms. The summed E-state index contributed by atoms with van der Waals surface area (Å²) in [5, 5.41) is 4.07. The first kappa shape index (κ1) is 18.2. The molecule has 2 rings (SSSR count). The van der Waals surface area contributed by atoms with E-state index in [0.29, 0.717) is 0 Å². The normalized spacial score (nSPS) is 8.95. The predicted molar refractivity (Wildman–Crippen MR) is 85.1 cm³/mol. The fourth-order valence-electron chi connectivity index (χ4n) is 1.82. The first-order chi connectivity index (χ1) is 9.77. The predicted octanol–water partition coefficient (Wildman–Crippen LogP) is 4.11. The minimum atomic E-state index is 0.826. The molecule has 0 unspecified atom stereocenters. The maximum absolute atomic E-state index is 5.47. The molecule has 0 aliphatic heterocycles. The number of methoxy groups -OCH3 is 1. The SMILES string of the molecule is CC.CC.CCc1cccc(-c2ncnn2C)c1OC. The smallest absolute Gasteiger partial charge is 0.161 e. The van der Waals surface area contributed by atoms with Gasteiger partial charge in [-0.2, -0.15) is 5.10 Å². The average Bonchev–Trinajstić information content (AvgIpc) is 2.96. The van der Waals surface area contributed by atoms with Gasteiger partial charge in [0.2, 0.25) is 0 Å². The first-order valence-corrected chi connectivity index (χ1v) is 7.28. The van der Waals surface area contributed by atoms with Crippen LogP contribution in [0.5, 0.6) is 5.75 Å². The zero-order chi connectivity index (χ0) is 15.5. The van der Waals surface area contributed by atoms with Crippen LogP contribution in [0.25, 0.3) is 11.4 Å². The van der Waals surface area contributed by atoms with Crippen LogP contribution in [0, 0.1) is 0 Å². The van der Waals surface area contributed by atoms with Gasteiger partial charge in [-0.1, -0.05) is 46.8 Å². The largest absolute Gasteiger partial charge is 0.496 e. The molecule has 20 heavy (non-hydrogen) atoms. The van der Waals surface area contributed by atoms with Crippen molar-refractivity contribution in [2.24, 2.45) is 7.05 Å². The van der Waals surface area contributed by atoms with Crippen molar-refractivity contribution in [2.45, 2.75) is 41.0 Å². The van der Waals surface area contributed by atoms with Gasteiger partial charge in [-0.15, -0.1) is 0 Å². The van der Waals surface area contributed by atoms with E-state index in [2.05, 4.69) is 23.1 Å². The summed E-state index contributed by atoms with van der Waals surface area (Å²) in [6, 6.07) is 6.09. The van der Waals surface area contributed by atoms with Crippen molar-refractivity contribution >= 4 is 0 Å². The molecule has 0 radical (unpaired) electrons. The molecule has 0 bridgehead atoms. The lowest BCUT2D eigenvalue weighted by Gasteiger charge is -2.11. The van der Waals surface area contributed by atoms with Gasteiger partial charge in [0.05, 0.1) is 12.7 Å². The maximum Gasteiger partial charge on any atom is 0.161 e. The Kier molecular flexibility index (Phi) is 9.09. The Morgan fingerprint density at radius 1 is 1.15 bits per heavy atom.